The second kappa shape index (κ2) is 6.63. The van der Waals surface area contributed by atoms with E-state index in [9.17, 15) is 13.6 Å². The molecule has 1 N–H and O–H groups in total. The monoisotopic (exact) mass is 351 g/mol. The normalized spacial score (nSPS) is 11.8. The Hall–Kier alpha value is -2.01. The van der Waals surface area contributed by atoms with Crippen LogP contribution in [-0.4, -0.2) is 5.91 Å². The van der Waals surface area contributed by atoms with E-state index in [1.807, 2.05) is 0 Å². The summed E-state index contributed by atoms with van der Waals surface area (Å²) in [6.07, 6.45) is 1.28. The van der Waals surface area contributed by atoms with Gasteiger partial charge in [-0.1, -0.05) is 22.0 Å². The summed E-state index contributed by atoms with van der Waals surface area (Å²) in [5.74, 6) is -2.69. The van der Waals surface area contributed by atoms with E-state index in [2.05, 4.69) is 27.8 Å². The minimum atomic E-state index is -0.968. The summed E-state index contributed by atoms with van der Waals surface area (Å²) < 4.78 is 27.9. The van der Waals surface area contributed by atoms with E-state index in [4.69, 9.17) is 0 Å². The van der Waals surface area contributed by atoms with E-state index in [0.29, 0.717) is 5.69 Å². The third-order valence-corrected chi connectivity index (χ3v) is 3.45. The second-order valence-corrected chi connectivity index (χ2v) is 5.29. The Bertz CT molecular complexity index is 670. The summed E-state index contributed by atoms with van der Waals surface area (Å²) in [5, 5.41) is 2.65. The Kier molecular flexibility index (Phi) is 4.85. The van der Waals surface area contributed by atoms with Crippen molar-refractivity contribution in [2.75, 3.05) is 5.32 Å². The Morgan fingerprint density at radius 2 is 1.86 bits per heavy atom. The smallest absolute Gasteiger partial charge is 0.235 e. The van der Waals surface area contributed by atoms with Gasteiger partial charge in [-0.05, 0) is 42.5 Å². The predicted octanol–water partition coefficient (Wildman–Crippen LogP) is 4.64. The molecule has 0 bridgehead atoms. The highest BCUT2D eigenvalue weighted by molar-refractivity contribution is 9.10. The first-order valence-corrected chi connectivity index (χ1v) is 6.94. The third kappa shape index (κ3) is 3.76. The van der Waals surface area contributed by atoms with Crippen molar-refractivity contribution in [1.29, 1.82) is 0 Å². The largest absolute Gasteiger partial charge is 0.325 e. The van der Waals surface area contributed by atoms with Gasteiger partial charge in [0, 0.05) is 15.7 Å². The SMILES string of the molecule is C=CC(C(=O)Nc1ccc(Br)cc1)c1cc(F)ccc1F. The van der Waals surface area contributed by atoms with E-state index >= 15 is 0 Å². The fourth-order valence-corrected chi connectivity index (χ4v) is 2.15. The van der Waals surface area contributed by atoms with Crippen LogP contribution in [0.2, 0.25) is 0 Å². The summed E-state index contributed by atoms with van der Waals surface area (Å²) >= 11 is 3.29. The lowest BCUT2D eigenvalue weighted by Gasteiger charge is -2.14. The summed E-state index contributed by atoms with van der Waals surface area (Å²) in [6.45, 7) is 3.53. The molecule has 0 aromatic heterocycles. The van der Waals surface area contributed by atoms with Crippen LogP contribution < -0.4 is 5.32 Å². The van der Waals surface area contributed by atoms with Crippen molar-refractivity contribution in [3.8, 4) is 0 Å². The molecule has 0 heterocycles. The highest BCUT2D eigenvalue weighted by Crippen LogP contribution is 2.24. The van der Waals surface area contributed by atoms with Gasteiger partial charge < -0.3 is 5.32 Å². The van der Waals surface area contributed by atoms with Crippen molar-refractivity contribution in [3.05, 3.63) is 76.8 Å². The molecule has 0 radical (unpaired) electrons. The van der Waals surface area contributed by atoms with Gasteiger partial charge in [-0.2, -0.15) is 0 Å². The summed E-state index contributed by atoms with van der Waals surface area (Å²) in [4.78, 5) is 12.2. The van der Waals surface area contributed by atoms with E-state index in [1.54, 1.807) is 24.3 Å². The van der Waals surface area contributed by atoms with Crippen molar-refractivity contribution in [1.82, 2.24) is 0 Å². The molecule has 0 aliphatic heterocycles. The van der Waals surface area contributed by atoms with Crippen molar-refractivity contribution in [2.24, 2.45) is 0 Å². The van der Waals surface area contributed by atoms with E-state index in [1.165, 1.54) is 6.08 Å². The standard InChI is InChI=1S/C16H12BrF2NO/c1-2-13(14-9-11(18)5-8-15(14)19)16(21)20-12-6-3-10(17)4-7-12/h2-9,13H,1H2,(H,20,21). The van der Waals surface area contributed by atoms with Crippen LogP contribution in [0.4, 0.5) is 14.5 Å². The lowest BCUT2D eigenvalue weighted by Crippen LogP contribution is -2.20. The fraction of sp³-hybridized carbons (Fsp3) is 0.0625. The number of hydrogen-bond acceptors (Lipinski definition) is 1. The predicted molar refractivity (Wildman–Crippen MR) is 82.1 cm³/mol. The molecule has 2 aromatic rings. The van der Waals surface area contributed by atoms with Gasteiger partial charge in [-0.25, -0.2) is 8.78 Å². The molecule has 2 rings (SSSR count). The first kappa shape index (κ1) is 15.4. The maximum absolute atomic E-state index is 13.8. The van der Waals surface area contributed by atoms with Crippen LogP contribution in [0.25, 0.3) is 0 Å². The molecule has 0 fully saturated rings. The Morgan fingerprint density at radius 3 is 2.48 bits per heavy atom. The van der Waals surface area contributed by atoms with Gasteiger partial charge in [-0.15, -0.1) is 6.58 Å². The molecular weight excluding hydrogens is 340 g/mol. The van der Waals surface area contributed by atoms with Crippen LogP contribution in [0.1, 0.15) is 11.5 Å². The lowest BCUT2D eigenvalue weighted by atomic mass is 9.97. The molecule has 0 spiro atoms. The molecule has 0 aliphatic carbocycles. The fourth-order valence-electron chi connectivity index (χ4n) is 1.88. The molecule has 5 heteroatoms. The summed E-state index contributed by atoms with van der Waals surface area (Å²) in [6, 6.07) is 9.93. The molecule has 1 atom stereocenters. The zero-order valence-electron chi connectivity index (χ0n) is 10.9. The number of halogens is 3. The summed E-state index contributed by atoms with van der Waals surface area (Å²) in [7, 11) is 0. The number of carbonyl (C=O) groups is 1. The Morgan fingerprint density at radius 1 is 1.19 bits per heavy atom. The number of carbonyl (C=O) groups excluding carboxylic acids is 1. The highest BCUT2D eigenvalue weighted by Gasteiger charge is 2.21. The van der Waals surface area contributed by atoms with Crippen molar-refractivity contribution in [3.63, 3.8) is 0 Å². The van der Waals surface area contributed by atoms with Crippen LogP contribution >= 0.6 is 15.9 Å². The first-order valence-electron chi connectivity index (χ1n) is 6.15. The number of benzene rings is 2. The van der Waals surface area contributed by atoms with Crippen LogP contribution in [0.15, 0.2) is 59.6 Å². The van der Waals surface area contributed by atoms with Gasteiger partial charge in [0.05, 0.1) is 5.92 Å². The van der Waals surface area contributed by atoms with E-state index < -0.39 is 23.5 Å². The Balaban J connectivity index is 2.24. The van der Waals surface area contributed by atoms with Gasteiger partial charge in [0.2, 0.25) is 5.91 Å². The maximum atomic E-state index is 13.8. The highest BCUT2D eigenvalue weighted by atomic mass is 79.9. The maximum Gasteiger partial charge on any atom is 0.235 e. The first-order chi connectivity index (χ1) is 10.0. The van der Waals surface area contributed by atoms with Gasteiger partial charge in [0.15, 0.2) is 0 Å². The average molecular weight is 352 g/mol. The number of amides is 1. The molecule has 2 nitrogen and oxygen atoms in total. The number of nitrogens with one attached hydrogen (secondary N) is 1. The van der Waals surface area contributed by atoms with Gasteiger partial charge in [-0.3, -0.25) is 4.79 Å². The number of rotatable bonds is 4. The van der Waals surface area contributed by atoms with Crippen molar-refractivity contribution < 1.29 is 13.6 Å². The Labute approximate surface area is 129 Å². The third-order valence-electron chi connectivity index (χ3n) is 2.92. The summed E-state index contributed by atoms with van der Waals surface area (Å²) in [5.41, 5.74) is 0.520. The molecule has 108 valence electrons. The molecular formula is C16H12BrF2NO. The number of hydrogen-bond donors (Lipinski definition) is 1. The van der Waals surface area contributed by atoms with Crippen LogP contribution in [0.5, 0.6) is 0 Å². The average Bonchev–Trinajstić information content (AvgIpc) is 2.46. The minimum Gasteiger partial charge on any atom is -0.325 e. The number of anilines is 1. The van der Waals surface area contributed by atoms with Crippen LogP contribution in [-0.2, 0) is 4.79 Å². The van der Waals surface area contributed by atoms with Crippen LogP contribution in [0.3, 0.4) is 0 Å². The molecule has 0 saturated carbocycles. The molecule has 0 aliphatic rings. The van der Waals surface area contributed by atoms with Gasteiger partial charge in [0.1, 0.15) is 11.6 Å². The van der Waals surface area contributed by atoms with Crippen LogP contribution in [0, 0.1) is 11.6 Å². The molecule has 21 heavy (non-hydrogen) atoms. The molecule has 2 aromatic carbocycles. The molecule has 1 unspecified atom stereocenters. The van der Waals surface area contributed by atoms with Crippen molar-refractivity contribution >= 4 is 27.5 Å². The minimum absolute atomic E-state index is 0.0420. The van der Waals surface area contributed by atoms with E-state index in [-0.39, 0.29) is 5.56 Å². The zero-order chi connectivity index (χ0) is 15.4. The molecule has 0 saturated heterocycles. The topological polar surface area (TPSA) is 29.1 Å². The van der Waals surface area contributed by atoms with Crippen molar-refractivity contribution in [2.45, 2.75) is 5.92 Å². The quantitative estimate of drug-likeness (QED) is 0.799. The molecule has 1 amide bonds. The van der Waals surface area contributed by atoms with Gasteiger partial charge >= 0.3 is 0 Å². The van der Waals surface area contributed by atoms with Gasteiger partial charge in [0.25, 0.3) is 0 Å². The lowest BCUT2D eigenvalue weighted by molar-refractivity contribution is -0.116. The van der Waals surface area contributed by atoms with E-state index in [0.717, 1.165) is 22.7 Å². The zero-order valence-corrected chi connectivity index (χ0v) is 12.5. The second-order valence-electron chi connectivity index (χ2n) is 4.38.